The van der Waals surface area contributed by atoms with Crippen molar-refractivity contribution in [2.75, 3.05) is 26.0 Å². The minimum Gasteiger partial charge on any atom is -0.486 e. The minimum absolute atomic E-state index is 0.0456. The highest BCUT2D eigenvalue weighted by Crippen LogP contribution is 2.35. The molecule has 1 aliphatic rings. The fraction of sp³-hybridized carbons (Fsp3) is 0.364. The van der Waals surface area contributed by atoms with Crippen LogP contribution in [-0.2, 0) is 9.84 Å². The number of ketones is 1. The molecule has 0 bridgehead atoms. The molecule has 1 aromatic rings. The number of hydrogen-bond acceptors (Lipinski definition) is 6. The van der Waals surface area contributed by atoms with E-state index in [2.05, 4.69) is 0 Å². The first-order chi connectivity index (χ1) is 8.43. The van der Waals surface area contributed by atoms with Crippen LogP contribution in [0.1, 0.15) is 10.4 Å². The monoisotopic (exact) mass is 271 g/mol. The Labute approximate surface area is 105 Å². The van der Waals surface area contributed by atoms with Crippen LogP contribution in [0.2, 0.25) is 0 Å². The first-order valence-electron chi connectivity index (χ1n) is 5.30. The summed E-state index contributed by atoms with van der Waals surface area (Å²) >= 11 is 0. The summed E-state index contributed by atoms with van der Waals surface area (Å²) in [5, 5.41) is 0. The Kier molecular flexibility index (Phi) is 3.27. The maximum atomic E-state index is 11.7. The van der Waals surface area contributed by atoms with Crippen LogP contribution < -0.4 is 15.2 Å². The van der Waals surface area contributed by atoms with E-state index >= 15 is 0 Å². The van der Waals surface area contributed by atoms with Crippen LogP contribution in [0.25, 0.3) is 0 Å². The fourth-order valence-corrected chi connectivity index (χ4v) is 2.60. The molecule has 2 N–H and O–H groups in total. The van der Waals surface area contributed by atoms with Crippen molar-refractivity contribution in [2.45, 2.75) is 4.90 Å². The molecule has 0 aromatic heterocycles. The third-order valence-electron chi connectivity index (χ3n) is 2.53. The molecule has 0 saturated heterocycles. The number of hydrogen-bond donors (Lipinski definition) is 1. The predicted molar refractivity (Wildman–Crippen MR) is 63.9 cm³/mol. The number of sulfone groups is 1. The summed E-state index contributed by atoms with van der Waals surface area (Å²) in [5.74, 6) is 0.244. The van der Waals surface area contributed by atoms with E-state index in [1.807, 2.05) is 0 Å². The fourth-order valence-electron chi connectivity index (χ4n) is 1.70. The molecular formula is C11H13NO5S. The van der Waals surface area contributed by atoms with Crippen LogP contribution in [0.15, 0.2) is 17.0 Å². The standard InChI is InChI=1S/C11H13NO5S/c1-18(14,15)11-5-10-9(16-2-3-17-10)4-7(11)8(13)6-12/h4-5H,2-3,6,12H2,1H3. The zero-order valence-corrected chi connectivity index (χ0v) is 10.6. The number of nitrogens with two attached hydrogens (primary N) is 1. The van der Waals surface area contributed by atoms with Crippen molar-refractivity contribution < 1.29 is 22.7 Å². The summed E-state index contributed by atoms with van der Waals surface area (Å²) in [6.45, 7) is 0.448. The molecule has 0 spiro atoms. The van der Waals surface area contributed by atoms with Crippen molar-refractivity contribution >= 4 is 15.6 Å². The molecular weight excluding hydrogens is 258 g/mol. The second-order valence-corrected chi connectivity index (χ2v) is 5.88. The van der Waals surface area contributed by atoms with Crippen LogP contribution >= 0.6 is 0 Å². The summed E-state index contributed by atoms with van der Waals surface area (Å²) in [6.07, 6.45) is 1.03. The maximum absolute atomic E-state index is 11.7. The largest absolute Gasteiger partial charge is 0.486 e. The van der Waals surface area contributed by atoms with Crippen molar-refractivity contribution in [3.05, 3.63) is 17.7 Å². The van der Waals surface area contributed by atoms with E-state index in [1.165, 1.54) is 12.1 Å². The zero-order chi connectivity index (χ0) is 13.3. The normalized spacial score (nSPS) is 14.3. The van der Waals surface area contributed by atoms with Gasteiger partial charge in [0.15, 0.2) is 27.1 Å². The highest BCUT2D eigenvalue weighted by Gasteiger charge is 2.23. The van der Waals surface area contributed by atoms with Gasteiger partial charge in [0, 0.05) is 17.9 Å². The van der Waals surface area contributed by atoms with E-state index in [1.54, 1.807) is 0 Å². The van der Waals surface area contributed by atoms with Crippen molar-refractivity contribution in [2.24, 2.45) is 5.73 Å². The van der Waals surface area contributed by atoms with Crippen LogP contribution in [0.3, 0.4) is 0 Å². The Balaban J connectivity index is 2.66. The van der Waals surface area contributed by atoms with Gasteiger partial charge in [-0.05, 0) is 6.07 Å². The van der Waals surface area contributed by atoms with Crippen LogP contribution in [-0.4, -0.2) is 40.2 Å². The first-order valence-corrected chi connectivity index (χ1v) is 7.19. The molecule has 0 saturated carbocycles. The highest BCUT2D eigenvalue weighted by atomic mass is 32.2. The van der Waals surface area contributed by atoms with E-state index in [0.717, 1.165) is 6.26 Å². The number of fused-ring (bicyclic) bond motifs is 1. The van der Waals surface area contributed by atoms with Crippen molar-refractivity contribution in [1.82, 2.24) is 0 Å². The van der Waals surface area contributed by atoms with Crippen molar-refractivity contribution in [3.8, 4) is 11.5 Å². The van der Waals surface area contributed by atoms with Crippen molar-refractivity contribution in [1.29, 1.82) is 0 Å². The average molecular weight is 271 g/mol. The molecule has 0 aliphatic carbocycles. The third kappa shape index (κ3) is 2.32. The van der Waals surface area contributed by atoms with Gasteiger partial charge in [0.25, 0.3) is 0 Å². The van der Waals surface area contributed by atoms with Gasteiger partial charge in [0.05, 0.1) is 11.4 Å². The molecule has 1 aromatic carbocycles. The number of carbonyl (C=O) groups is 1. The molecule has 0 unspecified atom stereocenters. The molecule has 0 amide bonds. The molecule has 1 heterocycles. The SMILES string of the molecule is CS(=O)(=O)c1cc2c(cc1C(=O)CN)OCCO2. The summed E-state index contributed by atoms with van der Waals surface area (Å²) in [4.78, 5) is 11.6. The van der Waals surface area contributed by atoms with Gasteiger partial charge in [-0.1, -0.05) is 0 Å². The summed E-state index contributed by atoms with van der Waals surface area (Å²) in [5.41, 5.74) is 5.32. The molecule has 98 valence electrons. The smallest absolute Gasteiger partial charge is 0.177 e. The van der Waals surface area contributed by atoms with Gasteiger partial charge in [-0.15, -0.1) is 0 Å². The Morgan fingerprint density at radius 1 is 1.28 bits per heavy atom. The molecule has 0 radical (unpaired) electrons. The molecule has 18 heavy (non-hydrogen) atoms. The van der Waals surface area contributed by atoms with Crippen LogP contribution in [0.4, 0.5) is 0 Å². The lowest BCUT2D eigenvalue weighted by Crippen LogP contribution is -2.20. The summed E-state index contributed by atoms with van der Waals surface area (Å²) in [7, 11) is -3.53. The lowest BCUT2D eigenvalue weighted by molar-refractivity contribution is 0.0996. The summed E-state index contributed by atoms with van der Waals surface area (Å²) in [6, 6.07) is 2.69. The maximum Gasteiger partial charge on any atom is 0.177 e. The Morgan fingerprint density at radius 2 is 1.83 bits per heavy atom. The van der Waals surface area contributed by atoms with E-state index in [4.69, 9.17) is 15.2 Å². The highest BCUT2D eigenvalue weighted by molar-refractivity contribution is 7.90. The van der Waals surface area contributed by atoms with Crippen LogP contribution in [0, 0.1) is 0 Å². The third-order valence-corrected chi connectivity index (χ3v) is 3.67. The minimum atomic E-state index is -3.53. The van der Waals surface area contributed by atoms with Gasteiger partial charge in [-0.3, -0.25) is 4.79 Å². The Hall–Kier alpha value is -1.60. The Bertz CT molecular complexity index is 594. The van der Waals surface area contributed by atoms with Gasteiger partial charge in [0.2, 0.25) is 0 Å². The molecule has 1 aliphatic heterocycles. The number of Topliss-reactive ketones (excluding diaryl/α,β-unsaturated/α-hetero) is 1. The quantitative estimate of drug-likeness (QED) is 0.778. The van der Waals surface area contributed by atoms with E-state index in [-0.39, 0.29) is 17.0 Å². The first kappa shape index (κ1) is 12.8. The number of benzene rings is 1. The Morgan fingerprint density at radius 3 is 2.33 bits per heavy atom. The molecule has 0 atom stereocenters. The molecule has 0 fully saturated rings. The second-order valence-electron chi connectivity index (χ2n) is 3.89. The summed E-state index contributed by atoms with van der Waals surface area (Å²) < 4.78 is 34.0. The second kappa shape index (κ2) is 4.58. The van der Waals surface area contributed by atoms with Crippen LogP contribution in [0.5, 0.6) is 11.5 Å². The van der Waals surface area contributed by atoms with E-state index in [9.17, 15) is 13.2 Å². The number of ether oxygens (including phenoxy) is 2. The molecule has 2 rings (SSSR count). The topological polar surface area (TPSA) is 95.7 Å². The van der Waals surface area contributed by atoms with Gasteiger partial charge < -0.3 is 15.2 Å². The van der Waals surface area contributed by atoms with Gasteiger partial charge in [-0.2, -0.15) is 0 Å². The van der Waals surface area contributed by atoms with Gasteiger partial charge >= 0.3 is 0 Å². The average Bonchev–Trinajstić information content (AvgIpc) is 2.35. The number of carbonyl (C=O) groups excluding carboxylic acids is 1. The van der Waals surface area contributed by atoms with E-state index in [0.29, 0.717) is 24.7 Å². The van der Waals surface area contributed by atoms with Crippen molar-refractivity contribution in [3.63, 3.8) is 0 Å². The predicted octanol–water partition coefficient (Wildman–Crippen LogP) is 0.00270. The lowest BCUT2D eigenvalue weighted by Gasteiger charge is -2.20. The van der Waals surface area contributed by atoms with Gasteiger partial charge in [-0.25, -0.2) is 8.42 Å². The van der Waals surface area contributed by atoms with Gasteiger partial charge in [0.1, 0.15) is 13.2 Å². The molecule has 6 nitrogen and oxygen atoms in total. The zero-order valence-electron chi connectivity index (χ0n) is 9.80. The number of rotatable bonds is 3. The van der Waals surface area contributed by atoms with E-state index < -0.39 is 15.6 Å². The molecule has 7 heteroatoms. The lowest BCUT2D eigenvalue weighted by atomic mass is 10.1.